The molecule has 1 aliphatic heterocycles. The SMILES string of the molecule is CCCOc1cccnc1NC(C)C(=O)N1CCCCC1. The van der Waals surface area contributed by atoms with Gasteiger partial charge in [-0.2, -0.15) is 0 Å². The van der Waals surface area contributed by atoms with Crippen LogP contribution in [0, 0.1) is 0 Å². The van der Waals surface area contributed by atoms with E-state index in [4.69, 9.17) is 4.74 Å². The number of ether oxygens (including phenoxy) is 1. The Labute approximate surface area is 126 Å². The lowest BCUT2D eigenvalue weighted by atomic mass is 10.1. The van der Waals surface area contributed by atoms with Crippen LogP contribution in [0.15, 0.2) is 18.3 Å². The average molecular weight is 291 g/mol. The molecule has 21 heavy (non-hydrogen) atoms. The number of nitrogens with one attached hydrogen (secondary N) is 1. The molecular formula is C16H25N3O2. The van der Waals surface area contributed by atoms with Crippen molar-refractivity contribution in [1.29, 1.82) is 0 Å². The summed E-state index contributed by atoms with van der Waals surface area (Å²) >= 11 is 0. The molecule has 1 fully saturated rings. The molecule has 0 aliphatic carbocycles. The quantitative estimate of drug-likeness (QED) is 0.875. The van der Waals surface area contributed by atoms with Gasteiger partial charge in [0, 0.05) is 19.3 Å². The van der Waals surface area contributed by atoms with Crippen molar-refractivity contribution in [3.63, 3.8) is 0 Å². The summed E-state index contributed by atoms with van der Waals surface area (Å²) in [6, 6.07) is 3.43. The van der Waals surface area contributed by atoms with Crippen LogP contribution in [0.25, 0.3) is 0 Å². The van der Waals surface area contributed by atoms with E-state index < -0.39 is 0 Å². The maximum atomic E-state index is 12.4. The molecule has 2 rings (SSSR count). The Balaban J connectivity index is 1.98. The maximum Gasteiger partial charge on any atom is 0.244 e. The molecule has 1 aromatic heterocycles. The Morgan fingerprint density at radius 1 is 1.43 bits per heavy atom. The lowest BCUT2D eigenvalue weighted by Gasteiger charge is -2.29. The first-order chi connectivity index (χ1) is 10.2. The number of aromatic nitrogens is 1. The van der Waals surface area contributed by atoms with Gasteiger partial charge in [0.2, 0.25) is 5.91 Å². The highest BCUT2D eigenvalue weighted by atomic mass is 16.5. The van der Waals surface area contributed by atoms with E-state index in [0.717, 1.165) is 32.4 Å². The molecule has 1 atom stereocenters. The molecule has 5 nitrogen and oxygen atoms in total. The van der Waals surface area contributed by atoms with E-state index in [-0.39, 0.29) is 11.9 Å². The van der Waals surface area contributed by atoms with Crippen LogP contribution in [0.4, 0.5) is 5.82 Å². The van der Waals surface area contributed by atoms with Gasteiger partial charge in [-0.25, -0.2) is 4.98 Å². The molecule has 1 unspecified atom stereocenters. The second kappa shape index (κ2) is 7.86. The zero-order valence-electron chi connectivity index (χ0n) is 13.0. The molecule has 0 radical (unpaired) electrons. The van der Waals surface area contributed by atoms with Crippen molar-refractivity contribution in [1.82, 2.24) is 9.88 Å². The summed E-state index contributed by atoms with van der Waals surface area (Å²) in [6.07, 6.45) is 6.08. The largest absolute Gasteiger partial charge is 0.490 e. The Hall–Kier alpha value is -1.78. The average Bonchev–Trinajstić information content (AvgIpc) is 2.54. The first-order valence-electron chi connectivity index (χ1n) is 7.85. The molecule has 1 saturated heterocycles. The molecule has 2 heterocycles. The van der Waals surface area contributed by atoms with Crippen LogP contribution < -0.4 is 10.1 Å². The molecule has 1 N–H and O–H groups in total. The van der Waals surface area contributed by atoms with Crippen molar-refractivity contribution in [3.05, 3.63) is 18.3 Å². The number of anilines is 1. The van der Waals surface area contributed by atoms with Gasteiger partial charge in [0.05, 0.1) is 6.61 Å². The van der Waals surface area contributed by atoms with Crippen molar-refractivity contribution < 1.29 is 9.53 Å². The maximum absolute atomic E-state index is 12.4. The van der Waals surface area contributed by atoms with Crippen LogP contribution >= 0.6 is 0 Å². The molecular weight excluding hydrogens is 266 g/mol. The van der Waals surface area contributed by atoms with E-state index in [1.54, 1.807) is 6.20 Å². The third kappa shape index (κ3) is 4.34. The van der Waals surface area contributed by atoms with Crippen molar-refractivity contribution >= 4 is 11.7 Å². The number of likely N-dealkylation sites (tertiary alicyclic amines) is 1. The van der Waals surface area contributed by atoms with Crippen LogP contribution in [0.3, 0.4) is 0 Å². The van der Waals surface area contributed by atoms with Crippen molar-refractivity contribution in [3.8, 4) is 5.75 Å². The molecule has 5 heteroatoms. The van der Waals surface area contributed by atoms with Gasteiger partial charge < -0.3 is 15.0 Å². The smallest absolute Gasteiger partial charge is 0.244 e. The van der Waals surface area contributed by atoms with E-state index in [1.165, 1.54) is 6.42 Å². The second-order valence-electron chi connectivity index (χ2n) is 5.45. The molecule has 1 aliphatic rings. The Bertz CT molecular complexity index is 459. The molecule has 0 bridgehead atoms. The third-order valence-corrected chi connectivity index (χ3v) is 3.62. The van der Waals surface area contributed by atoms with E-state index in [0.29, 0.717) is 18.2 Å². The predicted molar refractivity (Wildman–Crippen MR) is 83.5 cm³/mol. The molecule has 1 aromatic rings. The van der Waals surface area contributed by atoms with Gasteiger partial charge in [-0.3, -0.25) is 4.79 Å². The number of nitrogens with zero attached hydrogens (tertiary/aromatic N) is 2. The van der Waals surface area contributed by atoms with Crippen molar-refractivity contribution in [2.75, 3.05) is 25.0 Å². The van der Waals surface area contributed by atoms with Gasteiger partial charge in [0.25, 0.3) is 0 Å². The van der Waals surface area contributed by atoms with Gasteiger partial charge in [-0.05, 0) is 44.7 Å². The number of hydrogen-bond donors (Lipinski definition) is 1. The Morgan fingerprint density at radius 2 is 2.19 bits per heavy atom. The van der Waals surface area contributed by atoms with Crippen LogP contribution in [0.1, 0.15) is 39.5 Å². The summed E-state index contributed by atoms with van der Waals surface area (Å²) in [5.74, 6) is 1.49. The third-order valence-electron chi connectivity index (χ3n) is 3.62. The minimum absolute atomic E-state index is 0.141. The zero-order valence-corrected chi connectivity index (χ0v) is 13.0. The van der Waals surface area contributed by atoms with Gasteiger partial charge in [-0.1, -0.05) is 6.92 Å². The molecule has 116 valence electrons. The summed E-state index contributed by atoms with van der Waals surface area (Å²) in [6.45, 7) is 6.33. The fourth-order valence-corrected chi connectivity index (χ4v) is 2.48. The number of amides is 1. The van der Waals surface area contributed by atoms with Crippen LogP contribution in [-0.2, 0) is 4.79 Å². The van der Waals surface area contributed by atoms with Crippen molar-refractivity contribution in [2.24, 2.45) is 0 Å². The Kier molecular flexibility index (Phi) is 5.84. The first-order valence-corrected chi connectivity index (χ1v) is 7.85. The van der Waals surface area contributed by atoms with Crippen LogP contribution in [-0.4, -0.2) is 41.5 Å². The monoisotopic (exact) mass is 291 g/mol. The number of carbonyl (C=O) groups is 1. The highest BCUT2D eigenvalue weighted by Gasteiger charge is 2.23. The van der Waals surface area contributed by atoms with E-state index >= 15 is 0 Å². The molecule has 0 aromatic carbocycles. The summed E-state index contributed by atoms with van der Waals surface area (Å²) in [5, 5.41) is 3.19. The summed E-state index contributed by atoms with van der Waals surface area (Å²) in [7, 11) is 0. The van der Waals surface area contributed by atoms with E-state index in [1.807, 2.05) is 24.0 Å². The zero-order chi connectivity index (χ0) is 15.1. The second-order valence-corrected chi connectivity index (χ2v) is 5.45. The number of rotatable bonds is 6. The van der Waals surface area contributed by atoms with E-state index in [9.17, 15) is 4.79 Å². The number of hydrogen-bond acceptors (Lipinski definition) is 4. The normalized spacial score (nSPS) is 16.4. The van der Waals surface area contributed by atoms with Gasteiger partial charge >= 0.3 is 0 Å². The molecule has 0 saturated carbocycles. The number of carbonyl (C=O) groups excluding carboxylic acids is 1. The van der Waals surface area contributed by atoms with Crippen molar-refractivity contribution in [2.45, 2.75) is 45.6 Å². The Morgan fingerprint density at radius 3 is 2.90 bits per heavy atom. The van der Waals surface area contributed by atoms with Crippen LogP contribution in [0.5, 0.6) is 5.75 Å². The minimum Gasteiger partial charge on any atom is -0.490 e. The van der Waals surface area contributed by atoms with Crippen LogP contribution in [0.2, 0.25) is 0 Å². The predicted octanol–water partition coefficient (Wildman–Crippen LogP) is 2.68. The first kappa shape index (κ1) is 15.6. The van der Waals surface area contributed by atoms with Gasteiger partial charge in [-0.15, -0.1) is 0 Å². The lowest BCUT2D eigenvalue weighted by molar-refractivity contribution is -0.132. The standard InChI is InChI=1S/C16H25N3O2/c1-3-12-21-14-8-7-9-17-15(14)18-13(2)16(20)19-10-5-4-6-11-19/h7-9,13H,3-6,10-12H2,1-2H3,(H,17,18). The molecule has 1 amide bonds. The summed E-state index contributed by atoms with van der Waals surface area (Å²) in [5.41, 5.74) is 0. The molecule has 0 spiro atoms. The highest BCUT2D eigenvalue weighted by molar-refractivity contribution is 5.84. The number of piperidine rings is 1. The van der Waals surface area contributed by atoms with Gasteiger partial charge in [0.1, 0.15) is 6.04 Å². The fourth-order valence-electron chi connectivity index (χ4n) is 2.48. The topological polar surface area (TPSA) is 54.5 Å². The minimum atomic E-state index is -0.290. The lowest BCUT2D eigenvalue weighted by Crippen LogP contribution is -2.44. The highest BCUT2D eigenvalue weighted by Crippen LogP contribution is 2.22. The summed E-state index contributed by atoms with van der Waals surface area (Å²) in [4.78, 5) is 18.7. The summed E-state index contributed by atoms with van der Waals surface area (Å²) < 4.78 is 5.66. The number of pyridine rings is 1. The van der Waals surface area contributed by atoms with Gasteiger partial charge in [0.15, 0.2) is 11.6 Å². The fraction of sp³-hybridized carbons (Fsp3) is 0.625. The van der Waals surface area contributed by atoms with E-state index in [2.05, 4.69) is 17.2 Å².